The Hall–Kier alpha value is -2.41. The maximum Gasteiger partial charge on any atom is 0.341 e. The summed E-state index contributed by atoms with van der Waals surface area (Å²) in [6.45, 7) is 4.15. The molecular formula is C17H20N2O4S. The molecule has 7 heteroatoms. The Morgan fingerprint density at radius 1 is 1.29 bits per heavy atom. The Kier molecular flexibility index (Phi) is 5.92. The second kappa shape index (κ2) is 7.92. The van der Waals surface area contributed by atoms with Crippen molar-refractivity contribution in [1.29, 1.82) is 0 Å². The molecule has 0 aliphatic rings. The SMILES string of the molecule is CC(C)c1nc(C(=O)N(C)Cc2ccc(OCC(=O)O)cc2)cs1. The monoisotopic (exact) mass is 348 g/mol. The average molecular weight is 348 g/mol. The predicted octanol–water partition coefficient (Wildman–Crippen LogP) is 3.00. The van der Waals surface area contributed by atoms with Gasteiger partial charge in [-0.3, -0.25) is 4.79 Å². The third kappa shape index (κ3) is 4.79. The number of carbonyl (C=O) groups is 2. The molecular weight excluding hydrogens is 328 g/mol. The van der Waals surface area contributed by atoms with Gasteiger partial charge < -0.3 is 14.7 Å². The molecule has 0 bridgehead atoms. The summed E-state index contributed by atoms with van der Waals surface area (Å²) in [5.41, 5.74) is 1.39. The van der Waals surface area contributed by atoms with E-state index in [1.165, 1.54) is 11.3 Å². The van der Waals surface area contributed by atoms with E-state index in [1.807, 2.05) is 26.0 Å². The maximum atomic E-state index is 12.4. The molecule has 0 radical (unpaired) electrons. The van der Waals surface area contributed by atoms with Crippen molar-refractivity contribution >= 4 is 23.2 Å². The molecule has 0 unspecified atom stereocenters. The van der Waals surface area contributed by atoms with Crippen molar-refractivity contribution < 1.29 is 19.4 Å². The highest BCUT2D eigenvalue weighted by atomic mass is 32.1. The number of benzene rings is 1. The predicted molar refractivity (Wildman–Crippen MR) is 91.6 cm³/mol. The Morgan fingerprint density at radius 2 is 1.96 bits per heavy atom. The minimum absolute atomic E-state index is 0.121. The van der Waals surface area contributed by atoms with E-state index in [-0.39, 0.29) is 12.5 Å². The van der Waals surface area contributed by atoms with Gasteiger partial charge in [-0.25, -0.2) is 9.78 Å². The Balaban J connectivity index is 1.96. The summed E-state index contributed by atoms with van der Waals surface area (Å²) < 4.78 is 5.08. The van der Waals surface area contributed by atoms with Gasteiger partial charge in [-0.15, -0.1) is 11.3 Å². The minimum atomic E-state index is -1.02. The molecule has 1 N–H and O–H groups in total. The fourth-order valence-electron chi connectivity index (χ4n) is 2.03. The lowest BCUT2D eigenvalue weighted by Crippen LogP contribution is -2.26. The highest BCUT2D eigenvalue weighted by molar-refractivity contribution is 7.09. The second-order valence-corrected chi connectivity index (χ2v) is 6.60. The molecule has 0 aliphatic carbocycles. The topological polar surface area (TPSA) is 79.7 Å². The van der Waals surface area contributed by atoms with E-state index in [9.17, 15) is 9.59 Å². The number of carbonyl (C=O) groups excluding carboxylic acids is 1. The van der Waals surface area contributed by atoms with Gasteiger partial charge in [0.15, 0.2) is 6.61 Å². The first-order chi connectivity index (χ1) is 11.4. The molecule has 2 aromatic rings. The van der Waals surface area contributed by atoms with Crippen LogP contribution in [0.3, 0.4) is 0 Å². The molecule has 0 saturated carbocycles. The van der Waals surface area contributed by atoms with Gasteiger partial charge in [-0.1, -0.05) is 26.0 Å². The molecule has 1 aromatic heterocycles. The van der Waals surface area contributed by atoms with Crippen molar-refractivity contribution in [2.24, 2.45) is 0 Å². The summed E-state index contributed by atoms with van der Waals surface area (Å²) in [5, 5.41) is 11.3. The van der Waals surface area contributed by atoms with Crippen molar-refractivity contribution in [3.8, 4) is 5.75 Å². The van der Waals surface area contributed by atoms with Gasteiger partial charge in [0.2, 0.25) is 0 Å². The normalized spacial score (nSPS) is 10.7. The smallest absolute Gasteiger partial charge is 0.341 e. The quantitative estimate of drug-likeness (QED) is 0.832. The standard InChI is InChI=1S/C17H20N2O4S/c1-11(2)16-18-14(10-24-16)17(22)19(3)8-12-4-6-13(7-5-12)23-9-15(20)21/h4-7,10-11H,8-9H2,1-3H3,(H,20,21). The average Bonchev–Trinajstić information content (AvgIpc) is 3.03. The first kappa shape index (κ1) is 17.9. The molecule has 1 heterocycles. The van der Waals surface area contributed by atoms with Crippen LogP contribution >= 0.6 is 11.3 Å². The molecule has 24 heavy (non-hydrogen) atoms. The van der Waals surface area contributed by atoms with Crippen molar-refractivity contribution in [2.45, 2.75) is 26.3 Å². The third-order valence-corrected chi connectivity index (χ3v) is 4.43. The second-order valence-electron chi connectivity index (χ2n) is 5.71. The number of ether oxygens (including phenoxy) is 1. The van der Waals surface area contributed by atoms with Crippen LogP contribution in [0.4, 0.5) is 0 Å². The summed E-state index contributed by atoms with van der Waals surface area (Å²) in [7, 11) is 1.73. The summed E-state index contributed by atoms with van der Waals surface area (Å²) in [6, 6.07) is 7.00. The number of thiazole rings is 1. The Labute approximate surface area is 144 Å². The molecule has 0 aliphatic heterocycles. The molecule has 2 rings (SSSR count). The van der Waals surface area contributed by atoms with E-state index in [0.29, 0.717) is 23.9 Å². The van der Waals surface area contributed by atoms with E-state index in [4.69, 9.17) is 9.84 Å². The van der Waals surface area contributed by atoms with Crippen LogP contribution in [0.5, 0.6) is 5.75 Å². The maximum absolute atomic E-state index is 12.4. The van der Waals surface area contributed by atoms with Gasteiger partial charge in [0.25, 0.3) is 5.91 Å². The van der Waals surface area contributed by atoms with E-state index in [2.05, 4.69) is 4.98 Å². The van der Waals surface area contributed by atoms with Gasteiger partial charge in [0, 0.05) is 24.9 Å². The Morgan fingerprint density at radius 3 is 2.50 bits per heavy atom. The number of hydrogen-bond acceptors (Lipinski definition) is 5. The van der Waals surface area contributed by atoms with Crippen molar-refractivity contribution in [3.05, 3.63) is 45.9 Å². The number of nitrogens with zero attached hydrogens (tertiary/aromatic N) is 2. The number of carboxylic acids is 1. The number of carboxylic acid groups (broad SMARTS) is 1. The zero-order valence-corrected chi connectivity index (χ0v) is 14.7. The van der Waals surface area contributed by atoms with E-state index in [0.717, 1.165) is 10.6 Å². The molecule has 0 saturated heterocycles. The van der Waals surface area contributed by atoms with Crippen LogP contribution < -0.4 is 4.74 Å². The van der Waals surface area contributed by atoms with E-state index < -0.39 is 5.97 Å². The molecule has 0 spiro atoms. The number of hydrogen-bond donors (Lipinski definition) is 1. The van der Waals surface area contributed by atoms with Gasteiger partial charge in [-0.2, -0.15) is 0 Å². The molecule has 1 amide bonds. The fraction of sp³-hybridized carbons (Fsp3) is 0.353. The van der Waals surface area contributed by atoms with Crippen LogP contribution in [0.1, 0.15) is 40.8 Å². The minimum Gasteiger partial charge on any atom is -0.482 e. The number of aliphatic carboxylic acids is 1. The molecule has 1 aromatic carbocycles. The Bertz CT molecular complexity index is 710. The van der Waals surface area contributed by atoms with Crippen molar-refractivity contribution in [2.75, 3.05) is 13.7 Å². The lowest BCUT2D eigenvalue weighted by molar-refractivity contribution is -0.139. The first-order valence-electron chi connectivity index (χ1n) is 7.51. The van der Waals surface area contributed by atoms with Gasteiger partial charge in [-0.05, 0) is 17.7 Å². The summed E-state index contributed by atoms with van der Waals surface area (Å²) in [5.74, 6) is -0.353. The van der Waals surface area contributed by atoms with Crippen LogP contribution in [0.15, 0.2) is 29.6 Å². The highest BCUT2D eigenvalue weighted by Crippen LogP contribution is 2.20. The van der Waals surface area contributed by atoms with Crippen LogP contribution in [0.25, 0.3) is 0 Å². The number of aromatic nitrogens is 1. The zero-order valence-electron chi connectivity index (χ0n) is 13.9. The fourth-order valence-corrected chi connectivity index (χ4v) is 2.84. The first-order valence-corrected chi connectivity index (χ1v) is 8.39. The van der Waals surface area contributed by atoms with Crippen LogP contribution in [0.2, 0.25) is 0 Å². The largest absolute Gasteiger partial charge is 0.482 e. The summed E-state index contributed by atoms with van der Waals surface area (Å²) in [4.78, 5) is 28.9. The van der Waals surface area contributed by atoms with Gasteiger partial charge in [0.05, 0.1) is 5.01 Å². The van der Waals surface area contributed by atoms with Crippen molar-refractivity contribution in [1.82, 2.24) is 9.88 Å². The highest BCUT2D eigenvalue weighted by Gasteiger charge is 2.16. The van der Waals surface area contributed by atoms with Crippen LogP contribution in [-0.4, -0.2) is 40.5 Å². The molecule has 6 nitrogen and oxygen atoms in total. The lowest BCUT2D eigenvalue weighted by atomic mass is 10.2. The van der Waals surface area contributed by atoms with E-state index in [1.54, 1.807) is 29.5 Å². The van der Waals surface area contributed by atoms with Crippen LogP contribution in [0, 0.1) is 0 Å². The molecule has 128 valence electrons. The van der Waals surface area contributed by atoms with E-state index >= 15 is 0 Å². The van der Waals surface area contributed by atoms with Gasteiger partial charge >= 0.3 is 5.97 Å². The summed E-state index contributed by atoms with van der Waals surface area (Å²) >= 11 is 1.50. The lowest BCUT2D eigenvalue weighted by Gasteiger charge is -2.16. The molecule has 0 atom stereocenters. The number of amides is 1. The van der Waals surface area contributed by atoms with Crippen molar-refractivity contribution in [3.63, 3.8) is 0 Å². The van der Waals surface area contributed by atoms with Crippen LogP contribution in [-0.2, 0) is 11.3 Å². The zero-order chi connectivity index (χ0) is 17.7. The number of rotatable bonds is 7. The third-order valence-electron chi connectivity index (χ3n) is 3.29. The summed E-state index contributed by atoms with van der Waals surface area (Å²) in [6.07, 6.45) is 0. The van der Waals surface area contributed by atoms with Gasteiger partial charge in [0.1, 0.15) is 11.4 Å². The molecule has 0 fully saturated rings.